The highest BCUT2D eigenvalue weighted by atomic mass is 16.5. The summed E-state index contributed by atoms with van der Waals surface area (Å²) >= 11 is 0. The fraction of sp³-hybridized carbons (Fsp3) is 0.533. The Morgan fingerprint density at radius 1 is 1.37 bits per heavy atom. The van der Waals surface area contributed by atoms with Crippen molar-refractivity contribution in [2.24, 2.45) is 0 Å². The topological polar surface area (TPSA) is 41.6 Å². The van der Waals surface area contributed by atoms with Crippen molar-refractivity contribution in [2.75, 3.05) is 32.1 Å². The van der Waals surface area contributed by atoms with Crippen molar-refractivity contribution in [3.05, 3.63) is 29.8 Å². The standard InChI is InChI=1S/C15H24N2O2/c1-5-16-14(15(18)19-4)10-11-17(3)13-8-6-12(2)7-9-13/h6-9,14,16H,5,10-11H2,1-4H3. The van der Waals surface area contributed by atoms with Gasteiger partial charge in [-0.3, -0.25) is 4.79 Å². The lowest BCUT2D eigenvalue weighted by molar-refractivity contribution is -0.143. The molecule has 0 spiro atoms. The molecule has 0 aliphatic rings. The molecule has 0 aliphatic carbocycles. The Balaban J connectivity index is 2.53. The molecule has 0 amide bonds. The summed E-state index contributed by atoms with van der Waals surface area (Å²) < 4.78 is 4.80. The Kier molecular flexibility index (Phi) is 6.36. The molecule has 4 heteroatoms. The van der Waals surface area contributed by atoms with Crippen molar-refractivity contribution in [2.45, 2.75) is 26.3 Å². The van der Waals surface area contributed by atoms with Gasteiger partial charge in [0.25, 0.3) is 0 Å². The molecule has 19 heavy (non-hydrogen) atoms. The number of rotatable bonds is 7. The van der Waals surface area contributed by atoms with Gasteiger partial charge in [0, 0.05) is 19.3 Å². The quantitative estimate of drug-likeness (QED) is 0.765. The number of carbonyl (C=O) groups excluding carboxylic acids is 1. The van der Waals surface area contributed by atoms with E-state index in [2.05, 4.69) is 41.4 Å². The number of likely N-dealkylation sites (N-methyl/N-ethyl adjacent to an activating group) is 1. The van der Waals surface area contributed by atoms with Crippen LogP contribution in [0.5, 0.6) is 0 Å². The predicted molar refractivity (Wildman–Crippen MR) is 78.5 cm³/mol. The van der Waals surface area contributed by atoms with Gasteiger partial charge in [-0.1, -0.05) is 24.6 Å². The van der Waals surface area contributed by atoms with E-state index in [0.29, 0.717) is 0 Å². The fourth-order valence-corrected chi connectivity index (χ4v) is 1.94. The van der Waals surface area contributed by atoms with Crippen molar-refractivity contribution in [3.63, 3.8) is 0 Å². The molecule has 1 N–H and O–H groups in total. The number of esters is 1. The second-order valence-corrected chi connectivity index (χ2v) is 4.68. The Hall–Kier alpha value is -1.55. The second-order valence-electron chi connectivity index (χ2n) is 4.68. The van der Waals surface area contributed by atoms with E-state index in [1.165, 1.54) is 12.7 Å². The van der Waals surface area contributed by atoms with E-state index in [1.54, 1.807) is 0 Å². The maximum absolute atomic E-state index is 11.6. The zero-order chi connectivity index (χ0) is 14.3. The third kappa shape index (κ3) is 4.91. The minimum Gasteiger partial charge on any atom is -0.468 e. The monoisotopic (exact) mass is 264 g/mol. The molecular weight excluding hydrogens is 240 g/mol. The van der Waals surface area contributed by atoms with E-state index in [9.17, 15) is 4.79 Å². The Morgan fingerprint density at radius 3 is 2.53 bits per heavy atom. The van der Waals surface area contributed by atoms with Crippen LogP contribution in [0.4, 0.5) is 5.69 Å². The lowest BCUT2D eigenvalue weighted by Gasteiger charge is -2.22. The summed E-state index contributed by atoms with van der Waals surface area (Å²) in [5, 5.41) is 3.15. The highest BCUT2D eigenvalue weighted by Gasteiger charge is 2.18. The Labute approximate surface area is 115 Å². The number of benzene rings is 1. The first-order chi connectivity index (χ1) is 9.08. The minimum atomic E-state index is -0.233. The first-order valence-electron chi connectivity index (χ1n) is 6.67. The van der Waals surface area contributed by atoms with Gasteiger partial charge in [-0.15, -0.1) is 0 Å². The SMILES string of the molecule is CCNC(CCN(C)c1ccc(C)cc1)C(=O)OC. The molecule has 0 aromatic heterocycles. The zero-order valence-corrected chi connectivity index (χ0v) is 12.3. The van der Waals surface area contributed by atoms with Gasteiger partial charge >= 0.3 is 5.97 Å². The average molecular weight is 264 g/mol. The van der Waals surface area contributed by atoms with Gasteiger partial charge in [-0.25, -0.2) is 0 Å². The molecule has 1 aromatic rings. The average Bonchev–Trinajstić information content (AvgIpc) is 2.43. The number of ether oxygens (including phenoxy) is 1. The van der Waals surface area contributed by atoms with Crippen LogP contribution in [0.25, 0.3) is 0 Å². The summed E-state index contributed by atoms with van der Waals surface area (Å²) in [6.07, 6.45) is 0.727. The van der Waals surface area contributed by atoms with Crippen LogP contribution in [-0.2, 0) is 9.53 Å². The van der Waals surface area contributed by atoms with E-state index >= 15 is 0 Å². The van der Waals surface area contributed by atoms with E-state index in [0.717, 1.165) is 25.2 Å². The van der Waals surface area contributed by atoms with Gasteiger partial charge in [-0.05, 0) is 32.0 Å². The molecule has 0 bridgehead atoms. The Bertz CT molecular complexity index is 390. The van der Waals surface area contributed by atoms with Crippen LogP contribution in [0.2, 0.25) is 0 Å². The molecule has 0 radical (unpaired) electrons. The second kappa shape index (κ2) is 7.79. The molecule has 0 fully saturated rings. The fourth-order valence-electron chi connectivity index (χ4n) is 1.94. The molecule has 106 valence electrons. The van der Waals surface area contributed by atoms with Crippen molar-refractivity contribution in [3.8, 4) is 0 Å². The smallest absolute Gasteiger partial charge is 0.322 e. The van der Waals surface area contributed by atoms with E-state index in [4.69, 9.17) is 4.74 Å². The number of anilines is 1. The van der Waals surface area contributed by atoms with Gasteiger partial charge in [0.2, 0.25) is 0 Å². The summed E-state index contributed by atoms with van der Waals surface area (Å²) in [5.41, 5.74) is 2.41. The van der Waals surface area contributed by atoms with Crippen LogP contribution in [0, 0.1) is 6.92 Å². The van der Waals surface area contributed by atoms with E-state index < -0.39 is 0 Å². The molecule has 4 nitrogen and oxygen atoms in total. The molecule has 0 aliphatic heterocycles. The maximum atomic E-state index is 11.6. The molecule has 1 atom stereocenters. The third-order valence-corrected chi connectivity index (χ3v) is 3.16. The number of carbonyl (C=O) groups is 1. The highest BCUT2D eigenvalue weighted by molar-refractivity contribution is 5.75. The number of hydrogen-bond acceptors (Lipinski definition) is 4. The van der Waals surface area contributed by atoms with Gasteiger partial charge in [0.1, 0.15) is 6.04 Å². The number of nitrogens with one attached hydrogen (secondary N) is 1. The van der Waals surface area contributed by atoms with Crippen LogP contribution >= 0.6 is 0 Å². The van der Waals surface area contributed by atoms with E-state index in [1.807, 2.05) is 14.0 Å². The van der Waals surface area contributed by atoms with Crippen molar-refractivity contribution in [1.82, 2.24) is 5.32 Å². The summed E-state index contributed by atoms with van der Waals surface area (Å²) in [4.78, 5) is 13.7. The molecule has 0 heterocycles. The third-order valence-electron chi connectivity index (χ3n) is 3.16. The van der Waals surface area contributed by atoms with E-state index in [-0.39, 0.29) is 12.0 Å². The minimum absolute atomic E-state index is 0.195. The number of aryl methyl sites for hydroxylation is 1. The van der Waals surface area contributed by atoms with Crippen LogP contribution in [0.3, 0.4) is 0 Å². The van der Waals surface area contributed by atoms with Gasteiger partial charge in [0.15, 0.2) is 0 Å². The molecular formula is C15H24N2O2. The van der Waals surface area contributed by atoms with Crippen LogP contribution < -0.4 is 10.2 Å². The van der Waals surface area contributed by atoms with Crippen LogP contribution in [0.1, 0.15) is 18.9 Å². The van der Waals surface area contributed by atoms with Crippen LogP contribution in [-0.4, -0.2) is 39.3 Å². The van der Waals surface area contributed by atoms with Gasteiger partial charge < -0.3 is 15.0 Å². The highest BCUT2D eigenvalue weighted by Crippen LogP contribution is 2.14. The Morgan fingerprint density at radius 2 is 2.00 bits per heavy atom. The maximum Gasteiger partial charge on any atom is 0.322 e. The summed E-state index contributed by atoms with van der Waals surface area (Å²) in [6, 6.07) is 8.13. The van der Waals surface area contributed by atoms with Gasteiger partial charge in [0.05, 0.1) is 7.11 Å². The number of hydrogen-bond donors (Lipinski definition) is 1. The number of nitrogens with zero attached hydrogens (tertiary/aromatic N) is 1. The number of methoxy groups -OCH3 is 1. The van der Waals surface area contributed by atoms with Crippen molar-refractivity contribution in [1.29, 1.82) is 0 Å². The van der Waals surface area contributed by atoms with Crippen LogP contribution in [0.15, 0.2) is 24.3 Å². The summed E-state index contributed by atoms with van der Waals surface area (Å²) in [5.74, 6) is -0.195. The van der Waals surface area contributed by atoms with Crippen molar-refractivity contribution >= 4 is 11.7 Å². The molecule has 1 unspecified atom stereocenters. The normalized spacial score (nSPS) is 12.0. The first-order valence-corrected chi connectivity index (χ1v) is 6.67. The predicted octanol–water partition coefficient (Wildman–Crippen LogP) is 1.97. The van der Waals surface area contributed by atoms with Crippen molar-refractivity contribution < 1.29 is 9.53 Å². The zero-order valence-electron chi connectivity index (χ0n) is 12.3. The lowest BCUT2D eigenvalue weighted by atomic mass is 10.1. The van der Waals surface area contributed by atoms with Gasteiger partial charge in [-0.2, -0.15) is 0 Å². The molecule has 0 saturated heterocycles. The largest absolute Gasteiger partial charge is 0.468 e. The molecule has 0 saturated carbocycles. The summed E-state index contributed by atoms with van der Waals surface area (Å²) in [7, 11) is 3.46. The first kappa shape index (κ1) is 15.5. The molecule has 1 rings (SSSR count). The molecule has 1 aromatic carbocycles. The lowest BCUT2D eigenvalue weighted by Crippen LogP contribution is -2.40. The summed E-state index contributed by atoms with van der Waals surface area (Å²) in [6.45, 7) is 5.62.